The summed E-state index contributed by atoms with van der Waals surface area (Å²) in [6, 6.07) is 5.20. The van der Waals surface area contributed by atoms with E-state index >= 15 is 0 Å². The molecule has 6 heteroatoms. The monoisotopic (exact) mass is 296 g/mol. The molecule has 5 nitrogen and oxygen atoms in total. The zero-order valence-corrected chi connectivity index (χ0v) is 12.5. The van der Waals surface area contributed by atoms with Gasteiger partial charge in [0.2, 0.25) is 0 Å². The van der Waals surface area contributed by atoms with Crippen LogP contribution < -0.4 is 4.90 Å². The Morgan fingerprint density at radius 3 is 2.33 bits per heavy atom. The number of amides is 2. The lowest BCUT2D eigenvalue weighted by Gasteiger charge is -2.33. The van der Waals surface area contributed by atoms with Gasteiger partial charge >= 0.3 is 12.0 Å². The molecule has 0 bridgehead atoms. The number of hydrogen-bond donors (Lipinski definition) is 1. The number of halogens is 1. The van der Waals surface area contributed by atoms with Crippen molar-refractivity contribution in [3.05, 3.63) is 30.1 Å². The van der Waals surface area contributed by atoms with Crippen molar-refractivity contribution in [3.8, 4) is 0 Å². The fraction of sp³-hybridized carbons (Fsp3) is 0.467. The number of rotatable bonds is 6. The predicted octanol–water partition coefficient (Wildman–Crippen LogP) is 2.96. The van der Waals surface area contributed by atoms with Crippen molar-refractivity contribution >= 4 is 17.7 Å². The third-order valence-electron chi connectivity index (χ3n) is 3.28. The molecule has 21 heavy (non-hydrogen) atoms. The highest BCUT2D eigenvalue weighted by atomic mass is 19.1. The Morgan fingerprint density at radius 1 is 1.24 bits per heavy atom. The van der Waals surface area contributed by atoms with Crippen LogP contribution in [0.2, 0.25) is 0 Å². The van der Waals surface area contributed by atoms with Crippen LogP contribution in [0, 0.1) is 5.82 Å². The van der Waals surface area contributed by atoms with Gasteiger partial charge in [-0.1, -0.05) is 12.1 Å². The highest BCUT2D eigenvalue weighted by molar-refractivity contribution is 5.92. The molecule has 0 aliphatic rings. The van der Waals surface area contributed by atoms with E-state index in [0.717, 1.165) is 0 Å². The Hall–Kier alpha value is -2.11. The van der Waals surface area contributed by atoms with Crippen LogP contribution in [0.4, 0.5) is 14.9 Å². The van der Waals surface area contributed by atoms with Gasteiger partial charge in [0.25, 0.3) is 0 Å². The molecule has 116 valence electrons. The Balaban J connectivity index is 3.01. The molecule has 0 heterocycles. The first-order valence-corrected chi connectivity index (χ1v) is 6.96. The van der Waals surface area contributed by atoms with Crippen LogP contribution in [-0.2, 0) is 4.79 Å². The Bertz CT molecular complexity index is 507. The minimum atomic E-state index is -0.970. The van der Waals surface area contributed by atoms with Crippen molar-refractivity contribution in [1.82, 2.24) is 4.90 Å². The Morgan fingerprint density at radius 2 is 1.86 bits per heavy atom. The summed E-state index contributed by atoms with van der Waals surface area (Å²) < 4.78 is 13.9. The number of urea groups is 1. The normalized spacial score (nSPS) is 11.8. The number of carbonyl (C=O) groups is 2. The summed E-state index contributed by atoms with van der Waals surface area (Å²) >= 11 is 0. The maximum Gasteiger partial charge on any atom is 0.324 e. The van der Waals surface area contributed by atoms with E-state index in [9.17, 15) is 14.0 Å². The summed E-state index contributed by atoms with van der Waals surface area (Å²) in [6.45, 7) is 5.85. The van der Waals surface area contributed by atoms with E-state index < -0.39 is 17.8 Å². The lowest BCUT2D eigenvalue weighted by atomic mass is 10.2. The molecule has 1 aromatic rings. The molecule has 0 spiro atoms. The highest BCUT2D eigenvalue weighted by Crippen LogP contribution is 2.21. The van der Waals surface area contributed by atoms with Gasteiger partial charge in [0.15, 0.2) is 0 Å². The van der Waals surface area contributed by atoms with Gasteiger partial charge in [-0.2, -0.15) is 0 Å². The number of carboxylic acid groups (broad SMARTS) is 1. The molecule has 0 aromatic heterocycles. The molecule has 0 fully saturated rings. The summed E-state index contributed by atoms with van der Waals surface area (Å²) in [5.41, 5.74) is 0.200. The Kier molecular flexibility index (Phi) is 6.14. The van der Waals surface area contributed by atoms with Gasteiger partial charge in [-0.25, -0.2) is 9.18 Å². The zero-order chi connectivity index (χ0) is 16.0. The van der Waals surface area contributed by atoms with E-state index in [1.54, 1.807) is 32.9 Å². The maximum atomic E-state index is 13.9. The second-order valence-electron chi connectivity index (χ2n) is 4.71. The van der Waals surface area contributed by atoms with E-state index in [1.165, 1.54) is 21.9 Å². The van der Waals surface area contributed by atoms with E-state index in [2.05, 4.69) is 0 Å². The number of hydrogen-bond acceptors (Lipinski definition) is 2. The van der Waals surface area contributed by atoms with Crippen molar-refractivity contribution < 1.29 is 19.1 Å². The number of aliphatic carboxylic acids is 1. The van der Waals surface area contributed by atoms with Crippen LogP contribution in [0.15, 0.2) is 24.3 Å². The molecule has 1 aromatic carbocycles. The van der Waals surface area contributed by atoms with Gasteiger partial charge in [-0.05, 0) is 32.9 Å². The minimum absolute atomic E-state index is 0.144. The average Bonchev–Trinajstić information content (AvgIpc) is 2.41. The van der Waals surface area contributed by atoms with Crippen LogP contribution in [0.3, 0.4) is 0 Å². The number of carbonyl (C=O) groups excluding carboxylic acids is 1. The first-order chi connectivity index (χ1) is 9.92. The molecule has 0 saturated carbocycles. The number of para-hydroxylation sites is 1. The summed E-state index contributed by atoms with van der Waals surface area (Å²) in [6.07, 6.45) is -0.144. The Labute approximate surface area is 124 Å². The molecule has 0 aliphatic carbocycles. The topological polar surface area (TPSA) is 60.9 Å². The molecule has 1 atom stereocenters. The summed E-state index contributed by atoms with van der Waals surface area (Å²) in [4.78, 5) is 26.1. The standard InChI is InChI=1S/C15H21FN2O3/c1-4-17(11(3)10-14(19)20)15(21)18(5-2)13-9-7-6-8-12(13)16/h6-9,11H,4-5,10H2,1-3H3,(H,19,20). The van der Waals surface area contributed by atoms with Gasteiger partial charge in [0.05, 0.1) is 12.1 Å². The fourth-order valence-corrected chi connectivity index (χ4v) is 2.23. The summed E-state index contributed by atoms with van der Waals surface area (Å²) in [7, 11) is 0. The van der Waals surface area contributed by atoms with Crippen molar-refractivity contribution in [2.45, 2.75) is 33.2 Å². The van der Waals surface area contributed by atoms with E-state index in [-0.39, 0.29) is 18.1 Å². The van der Waals surface area contributed by atoms with Crippen LogP contribution in [-0.4, -0.2) is 41.1 Å². The van der Waals surface area contributed by atoms with Crippen LogP contribution in [0.5, 0.6) is 0 Å². The first-order valence-electron chi connectivity index (χ1n) is 6.96. The lowest BCUT2D eigenvalue weighted by Crippen LogP contribution is -2.48. The van der Waals surface area contributed by atoms with Gasteiger partial charge in [-0.15, -0.1) is 0 Å². The number of carboxylic acids is 1. The van der Waals surface area contributed by atoms with Gasteiger partial charge in [0.1, 0.15) is 5.82 Å². The SMILES string of the molecule is CCN(C(=O)N(CC)C(C)CC(=O)O)c1ccccc1F. The largest absolute Gasteiger partial charge is 0.481 e. The molecular weight excluding hydrogens is 275 g/mol. The molecule has 0 saturated heterocycles. The molecule has 1 N–H and O–H groups in total. The molecule has 1 unspecified atom stereocenters. The maximum absolute atomic E-state index is 13.9. The van der Waals surface area contributed by atoms with E-state index in [1.807, 2.05) is 0 Å². The smallest absolute Gasteiger partial charge is 0.324 e. The van der Waals surface area contributed by atoms with Gasteiger partial charge in [0, 0.05) is 19.1 Å². The first kappa shape index (κ1) is 16.9. The van der Waals surface area contributed by atoms with Crippen molar-refractivity contribution in [2.75, 3.05) is 18.0 Å². The van der Waals surface area contributed by atoms with Gasteiger partial charge in [-0.3, -0.25) is 9.69 Å². The molecular formula is C15H21FN2O3. The second-order valence-corrected chi connectivity index (χ2v) is 4.71. The molecule has 1 rings (SSSR count). The lowest BCUT2D eigenvalue weighted by molar-refractivity contribution is -0.138. The quantitative estimate of drug-likeness (QED) is 0.878. The summed E-state index contributed by atoms with van der Waals surface area (Å²) in [5.74, 6) is -1.45. The van der Waals surface area contributed by atoms with Crippen molar-refractivity contribution in [1.29, 1.82) is 0 Å². The number of benzene rings is 1. The van der Waals surface area contributed by atoms with Crippen molar-refractivity contribution in [3.63, 3.8) is 0 Å². The van der Waals surface area contributed by atoms with E-state index in [4.69, 9.17) is 5.11 Å². The van der Waals surface area contributed by atoms with Gasteiger partial charge < -0.3 is 10.0 Å². The number of nitrogens with zero attached hydrogens (tertiary/aromatic N) is 2. The van der Waals surface area contributed by atoms with Crippen LogP contribution in [0.1, 0.15) is 27.2 Å². The molecule has 0 aliphatic heterocycles. The highest BCUT2D eigenvalue weighted by Gasteiger charge is 2.26. The van der Waals surface area contributed by atoms with Crippen molar-refractivity contribution in [2.24, 2.45) is 0 Å². The second kappa shape index (κ2) is 7.61. The zero-order valence-electron chi connectivity index (χ0n) is 12.5. The third-order valence-corrected chi connectivity index (χ3v) is 3.28. The summed E-state index contributed by atoms with van der Waals surface area (Å²) in [5, 5.41) is 8.86. The average molecular weight is 296 g/mol. The molecule has 2 amide bonds. The third kappa shape index (κ3) is 4.18. The van der Waals surface area contributed by atoms with E-state index in [0.29, 0.717) is 13.1 Å². The predicted molar refractivity (Wildman–Crippen MR) is 78.9 cm³/mol. The number of anilines is 1. The van der Waals surface area contributed by atoms with Crippen LogP contribution >= 0.6 is 0 Å². The fourth-order valence-electron chi connectivity index (χ4n) is 2.23. The molecule has 0 radical (unpaired) electrons. The van der Waals surface area contributed by atoms with Crippen LogP contribution in [0.25, 0.3) is 0 Å². The minimum Gasteiger partial charge on any atom is -0.481 e.